The summed E-state index contributed by atoms with van der Waals surface area (Å²) in [7, 11) is 0. The zero-order chi connectivity index (χ0) is 15.4. The molecule has 0 heterocycles. The van der Waals surface area contributed by atoms with E-state index in [1.54, 1.807) is 12.1 Å². The molecule has 1 aromatic carbocycles. The molecular formula is C16H24N2O3. The molecule has 0 radical (unpaired) electrons. The van der Waals surface area contributed by atoms with Crippen LogP contribution in [0.5, 0.6) is 5.75 Å². The molecule has 21 heavy (non-hydrogen) atoms. The zero-order valence-electron chi connectivity index (χ0n) is 13.0. The molecule has 0 saturated heterocycles. The number of rotatable bonds is 5. The molecule has 5 heteroatoms. The van der Waals surface area contributed by atoms with Gasteiger partial charge in [-0.1, -0.05) is 6.92 Å². The molecule has 1 aliphatic carbocycles. The van der Waals surface area contributed by atoms with Crippen molar-refractivity contribution >= 4 is 11.4 Å². The first-order chi connectivity index (χ1) is 9.95. The van der Waals surface area contributed by atoms with E-state index in [1.807, 2.05) is 13.8 Å². The van der Waals surface area contributed by atoms with Crippen molar-refractivity contribution in [1.29, 1.82) is 0 Å². The van der Waals surface area contributed by atoms with Gasteiger partial charge >= 0.3 is 5.69 Å². The maximum absolute atomic E-state index is 11.0. The number of hydrogen-bond acceptors (Lipinski definition) is 4. The summed E-state index contributed by atoms with van der Waals surface area (Å²) in [6.45, 7) is 6.02. The lowest BCUT2D eigenvalue weighted by molar-refractivity contribution is -0.386. The highest BCUT2D eigenvalue weighted by Crippen LogP contribution is 2.32. The maximum atomic E-state index is 11.0. The van der Waals surface area contributed by atoms with Crippen molar-refractivity contribution in [3.05, 3.63) is 28.3 Å². The molecule has 116 valence electrons. The van der Waals surface area contributed by atoms with Crippen LogP contribution in [0, 0.1) is 16.0 Å². The van der Waals surface area contributed by atoms with E-state index in [2.05, 4.69) is 12.2 Å². The van der Waals surface area contributed by atoms with Gasteiger partial charge in [-0.15, -0.1) is 0 Å². The largest absolute Gasteiger partial charge is 0.484 e. The molecule has 1 N–H and O–H groups in total. The topological polar surface area (TPSA) is 64.4 Å². The summed E-state index contributed by atoms with van der Waals surface area (Å²) < 4.78 is 5.57. The highest BCUT2D eigenvalue weighted by atomic mass is 16.6. The Morgan fingerprint density at radius 2 is 1.95 bits per heavy atom. The molecule has 1 aliphatic rings. The summed E-state index contributed by atoms with van der Waals surface area (Å²) in [6.07, 6.45) is 4.69. The Morgan fingerprint density at radius 1 is 1.29 bits per heavy atom. The first-order valence-electron chi connectivity index (χ1n) is 7.67. The van der Waals surface area contributed by atoms with Gasteiger partial charge in [0.05, 0.1) is 11.0 Å². The van der Waals surface area contributed by atoms with Gasteiger partial charge in [-0.2, -0.15) is 0 Å². The second kappa shape index (κ2) is 6.78. The molecule has 0 atom stereocenters. The van der Waals surface area contributed by atoms with Crippen LogP contribution in [0.3, 0.4) is 0 Å². The molecule has 1 saturated carbocycles. The predicted octanol–water partition coefficient (Wildman–Crippen LogP) is 4.37. The number of hydrogen-bond donors (Lipinski definition) is 1. The summed E-state index contributed by atoms with van der Waals surface area (Å²) in [5.74, 6) is 1.14. The van der Waals surface area contributed by atoms with Crippen LogP contribution < -0.4 is 10.1 Å². The molecule has 0 aromatic heterocycles. The molecule has 1 fully saturated rings. The Morgan fingerprint density at radius 3 is 2.52 bits per heavy atom. The molecule has 0 unspecified atom stereocenters. The Hall–Kier alpha value is -1.78. The second-order valence-corrected chi connectivity index (χ2v) is 6.21. The van der Waals surface area contributed by atoms with Gasteiger partial charge < -0.3 is 10.1 Å². The van der Waals surface area contributed by atoms with E-state index in [-0.39, 0.29) is 11.8 Å². The van der Waals surface area contributed by atoms with Gasteiger partial charge in [0.1, 0.15) is 0 Å². The molecule has 0 bridgehead atoms. The van der Waals surface area contributed by atoms with E-state index in [9.17, 15) is 10.1 Å². The highest BCUT2D eigenvalue weighted by Gasteiger charge is 2.20. The summed E-state index contributed by atoms with van der Waals surface area (Å²) in [5, 5.41) is 14.5. The molecule has 1 aromatic rings. The minimum atomic E-state index is -0.399. The third-order valence-corrected chi connectivity index (χ3v) is 3.91. The molecule has 2 rings (SSSR count). The fourth-order valence-corrected chi connectivity index (χ4v) is 2.74. The second-order valence-electron chi connectivity index (χ2n) is 6.21. The average molecular weight is 292 g/mol. The lowest BCUT2D eigenvalue weighted by Crippen LogP contribution is -2.25. The van der Waals surface area contributed by atoms with Crippen molar-refractivity contribution in [3.8, 4) is 5.75 Å². The van der Waals surface area contributed by atoms with Gasteiger partial charge in [-0.25, -0.2) is 0 Å². The average Bonchev–Trinajstić information content (AvgIpc) is 2.40. The molecule has 0 aliphatic heterocycles. The van der Waals surface area contributed by atoms with Crippen LogP contribution in [0.25, 0.3) is 0 Å². The maximum Gasteiger partial charge on any atom is 0.311 e. The Bertz CT molecular complexity index is 494. The minimum absolute atomic E-state index is 0.0199. The first kappa shape index (κ1) is 15.6. The van der Waals surface area contributed by atoms with Crippen molar-refractivity contribution in [2.24, 2.45) is 5.92 Å². The van der Waals surface area contributed by atoms with E-state index in [1.165, 1.54) is 18.9 Å². The Kier molecular flexibility index (Phi) is 5.04. The molecular weight excluding hydrogens is 268 g/mol. The first-order valence-corrected chi connectivity index (χ1v) is 7.67. The van der Waals surface area contributed by atoms with Crippen LogP contribution in [0.2, 0.25) is 0 Å². The van der Waals surface area contributed by atoms with E-state index < -0.39 is 4.92 Å². The van der Waals surface area contributed by atoms with Crippen molar-refractivity contribution in [1.82, 2.24) is 0 Å². The number of nitrogens with zero attached hydrogens (tertiary/aromatic N) is 1. The summed E-state index contributed by atoms with van der Waals surface area (Å²) in [5.41, 5.74) is 0.919. The smallest absolute Gasteiger partial charge is 0.311 e. The monoisotopic (exact) mass is 292 g/mol. The predicted molar refractivity (Wildman–Crippen MR) is 83.9 cm³/mol. The van der Waals surface area contributed by atoms with Gasteiger partial charge in [-0.05, 0) is 51.5 Å². The van der Waals surface area contributed by atoms with Gasteiger partial charge in [0, 0.05) is 23.9 Å². The van der Waals surface area contributed by atoms with Crippen molar-refractivity contribution in [3.63, 3.8) is 0 Å². The van der Waals surface area contributed by atoms with Gasteiger partial charge in [-0.3, -0.25) is 10.1 Å². The quantitative estimate of drug-likeness (QED) is 0.646. The summed E-state index contributed by atoms with van der Waals surface area (Å²) in [6, 6.07) is 5.49. The van der Waals surface area contributed by atoms with Crippen molar-refractivity contribution in [2.45, 2.75) is 58.6 Å². The van der Waals surface area contributed by atoms with Gasteiger partial charge in [0.2, 0.25) is 0 Å². The summed E-state index contributed by atoms with van der Waals surface area (Å²) >= 11 is 0. The lowest BCUT2D eigenvalue weighted by Gasteiger charge is -2.27. The van der Waals surface area contributed by atoms with Crippen LogP contribution in [0.15, 0.2) is 18.2 Å². The highest BCUT2D eigenvalue weighted by molar-refractivity contribution is 5.58. The number of nitro benzene ring substituents is 1. The van der Waals surface area contributed by atoms with Crippen molar-refractivity contribution < 1.29 is 9.66 Å². The molecule has 5 nitrogen and oxygen atoms in total. The lowest BCUT2D eigenvalue weighted by atomic mass is 9.87. The Balaban J connectivity index is 2.11. The third-order valence-electron chi connectivity index (χ3n) is 3.91. The van der Waals surface area contributed by atoms with E-state index in [0.29, 0.717) is 11.8 Å². The minimum Gasteiger partial charge on any atom is -0.484 e. The Labute approximate surface area is 125 Å². The SMILES string of the molecule is CC1CCC(Nc2ccc([N+](=O)[O-])c(OC(C)C)c2)CC1. The standard InChI is InChI=1S/C16H24N2O3/c1-11(2)21-16-10-14(8-9-15(16)18(19)20)17-13-6-4-12(3)5-7-13/h8-13,17H,4-7H2,1-3H3. The van der Waals surface area contributed by atoms with E-state index in [4.69, 9.17) is 4.74 Å². The van der Waals surface area contributed by atoms with Crippen LogP contribution in [-0.2, 0) is 0 Å². The zero-order valence-corrected chi connectivity index (χ0v) is 13.0. The fraction of sp³-hybridized carbons (Fsp3) is 0.625. The van der Waals surface area contributed by atoms with Gasteiger partial charge in [0.25, 0.3) is 0 Å². The number of anilines is 1. The summed E-state index contributed by atoms with van der Waals surface area (Å²) in [4.78, 5) is 10.6. The number of nitrogens with one attached hydrogen (secondary N) is 1. The van der Waals surface area contributed by atoms with Crippen LogP contribution in [0.1, 0.15) is 46.5 Å². The number of benzene rings is 1. The molecule has 0 spiro atoms. The van der Waals surface area contributed by atoms with Crippen molar-refractivity contribution in [2.75, 3.05) is 5.32 Å². The van der Waals surface area contributed by atoms with E-state index >= 15 is 0 Å². The third kappa shape index (κ3) is 4.34. The van der Waals surface area contributed by atoms with Crippen LogP contribution in [-0.4, -0.2) is 17.1 Å². The van der Waals surface area contributed by atoms with Crippen LogP contribution >= 0.6 is 0 Å². The van der Waals surface area contributed by atoms with Gasteiger partial charge in [0.15, 0.2) is 5.75 Å². The van der Waals surface area contributed by atoms with E-state index in [0.717, 1.165) is 24.4 Å². The number of nitro groups is 1. The number of ether oxygens (including phenoxy) is 1. The van der Waals surface area contributed by atoms with Crippen LogP contribution in [0.4, 0.5) is 11.4 Å². The normalized spacial score (nSPS) is 22.1. The molecule has 0 amide bonds. The fourth-order valence-electron chi connectivity index (χ4n) is 2.74.